The van der Waals surface area contributed by atoms with E-state index in [2.05, 4.69) is 10.3 Å². The molecule has 0 atom stereocenters. The number of hydrogen-bond acceptors (Lipinski definition) is 2. The smallest absolute Gasteiger partial charge is 0.147 e. The van der Waals surface area contributed by atoms with Crippen molar-refractivity contribution >= 4 is 23.2 Å². The molecule has 1 aromatic rings. The molecule has 1 fully saturated rings. The molecule has 1 saturated heterocycles. The quantitative estimate of drug-likeness (QED) is 0.696. The van der Waals surface area contributed by atoms with Crippen LogP contribution in [0.15, 0.2) is 18.3 Å². The summed E-state index contributed by atoms with van der Waals surface area (Å²) in [4.78, 5) is 3.71. The van der Waals surface area contributed by atoms with Crippen LogP contribution in [-0.2, 0) is 0 Å². The van der Waals surface area contributed by atoms with Crippen LogP contribution in [0.1, 0.15) is 19.3 Å². The van der Waals surface area contributed by atoms with Crippen molar-refractivity contribution in [3.05, 3.63) is 28.5 Å². The van der Waals surface area contributed by atoms with Crippen LogP contribution in [0.4, 0.5) is 0 Å². The zero-order valence-corrected chi connectivity index (χ0v) is 9.48. The molecule has 1 aliphatic rings. The fourth-order valence-corrected chi connectivity index (χ4v) is 1.41. The Kier molecular flexibility index (Phi) is 5.92. The zero-order chi connectivity index (χ0) is 10.2. The second-order valence-electron chi connectivity index (χ2n) is 3.09. The summed E-state index contributed by atoms with van der Waals surface area (Å²) in [7, 11) is 0. The number of hydrogen-bond donors (Lipinski definition) is 1. The van der Waals surface area contributed by atoms with E-state index in [4.69, 9.17) is 23.2 Å². The van der Waals surface area contributed by atoms with Crippen molar-refractivity contribution in [3.63, 3.8) is 0 Å². The van der Waals surface area contributed by atoms with E-state index in [0.717, 1.165) is 0 Å². The molecule has 0 saturated carbocycles. The van der Waals surface area contributed by atoms with Crippen LogP contribution in [0.3, 0.4) is 0 Å². The van der Waals surface area contributed by atoms with E-state index < -0.39 is 0 Å². The Morgan fingerprint density at radius 2 is 1.86 bits per heavy atom. The third-order valence-electron chi connectivity index (χ3n) is 1.92. The number of nitrogens with zero attached hydrogens (tertiary/aromatic N) is 1. The highest BCUT2D eigenvalue weighted by Crippen LogP contribution is 2.16. The van der Waals surface area contributed by atoms with Crippen molar-refractivity contribution in [2.75, 3.05) is 13.1 Å². The minimum Gasteiger partial charge on any atom is -0.317 e. The Hall–Kier alpha value is -0.310. The van der Waals surface area contributed by atoms with E-state index in [9.17, 15) is 0 Å². The van der Waals surface area contributed by atoms with Crippen LogP contribution in [0.2, 0.25) is 10.2 Å². The molecule has 0 aliphatic carbocycles. The van der Waals surface area contributed by atoms with Crippen molar-refractivity contribution in [1.29, 1.82) is 0 Å². The maximum Gasteiger partial charge on any atom is 0.147 e. The topological polar surface area (TPSA) is 24.9 Å². The molecule has 78 valence electrons. The lowest BCUT2D eigenvalue weighted by Gasteiger charge is -2.08. The zero-order valence-electron chi connectivity index (χ0n) is 7.97. The first-order chi connectivity index (χ1) is 6.80. The van der Waals surface area contributed by atoms with Crippen molar-refractivity contribution in [2.24, 2.45) is 0 Å². The predicted molar refractivity (Wildman–Crippen MR) is 61.0 cm³/mol. The Morgan fingerprint density at radius 1 is 1.14 bits per heavy atom. The van der Waals surface area contributed by atoms with Gasteiger partial charge in [0.1, 0.15) is 5.15 Å². The van der Waals surface area contributed by atoms with Crippen LogP contribution in [-0.4, -0.2) is 18.1 Å². The summed E-state index contributed by atoms with van der Waals surface area (Å²) in [5.74, 6) is 0. The average molecular weight is 233 g/mol. The number of nitrogens with one attached hydrogen (secondary N) is 1. The highest BCUT2D eigenvalue weighted by atomic mass is 35.5. The summed E-state index contributed by atoms with van der Waals surface area (Å²) in [5, 5.41) is 4.14. The van der Waals surface area contributed by atoms with E-state index in [1.165, 1.54) is 32.4 Å². The molecule has 0 bridgehead atoms. The third kappa shape index (κ3) is 4.80. The highest BCUT2D eigenvalue weighted by molar-refractivity contribution is 6.41. The Labute approximate surface area is 94.6 Å². The van der Waals surface area contributed by atoms with Crippen LogP contribution < -0.4 is 5.32 Å². The lowest BCUT2D eigenvalue weighted by atomic mass is 10.2. The lowest BCUT2D eigenvalue weighted by Crippen LogP contribution is -2.21. The molecule has 14 heavy (non-hydrogen) atoms. The summed E-state index contributed by atoms with van der Waals surface area (Å²) in [5.41, 5.74) is 0. The van der Waals surface area contributed by atoms with Gasteiger partial charge in [-0.25, -0.2) is 4.98 Å². The molecule has 0 spiro atoms. The van der Waals surface area contributed by atoms with Gasteiger partial charge < -0.3 is 5.32 Å². The average Bonchev–Trinajstić information content (AvgIpc) is 2.26. The molecule has 2 nitrogen and oxygen atoms in total. The van der Waals surface area contributed by atoms with Crippen molar-refractivity contribution in [3.8, 4) is 0 Å². The lowest BCUT2D eigenvalue weighted by molar-refractivity contribution is 0.520. The summed E-state index contributed by atoms with van der Waals surface area (Å²) in [6.07, 6.45) is 5.81. The SMILES string of the molecule is C1CCNCC1.Clc1cccnc1Cl. The minimum absolute atomic E-state index is 0.356. The van der Waals surface area contributed by atoms with Crippen LogP contribution in [0.5, 0.6) is 0 Å². The first kappa shape index (κ1) is 11.8. The fourth-order valence-electron chi connectivity index (χ4n) is 1.17. The van der Waals surface area contributed by atoms with E-state index in [-0.39, 0.29) is 0 Å². The van der Waals surface area contributed by atoms with Gasteiger partial charge in [0, 0.05) is 6.20 Å². The Balaban J connectivity index is 0.000000146. The first-order valence-corrected chi connectivity index (χ1v) is 5.53. The van der Waals surface area contributed by atoms with E-state index >= 15 is 0 Å². The van der Waals surface area contributed by atoms with Gasteiger partial charge in [-0.2, -0.15) is 0 Å². The highest BCUT2D eigenvalue weighted by Gasteiger charge is 1.93. The number of piperidine rings is 1. The van der Waals surface area contributed by atoms with Crippen molar-refractivity contribution in [1.82, 2.24) is 10.3 Å². The maximum atomic E-state index is 5.51. The van der Waals surface area contributed by atoms with Gasteiger partial charge >= 0.3 is 0 Å². The van der Waals surface area contributed by atoms with Crippen molar-refractivity contribution < 1.29 is 0 Å². The number of aromatic nitrogens is 1. The van der Waals surface area contributed by atoms with Crippen LogP contribution in [0, 0.1) is 0 Å². The van der Waals surface area contributed by atoms with Crippen molar-refractivity contribution in [2.45, 2.75) is 19.3 Å². The molecular formula is C10H14Cl2N2. The molecule has 0 unspecified atom stereocenters. The minimum atomic E-state index is 0.356. The molecule has 1 aromatic heterocycles. The molecule has 0 amide bonds. The molecule has 0 radical (unpaired) electrons. The first-order valence-electron chi connectivity index (χ1n) is 4.77. The molecular weight excluding hydrogens is 219 g/mol. The molecule has 2 rings (SSSR count). The van der Waals surface area contributed by atoms with E-state index in [1.54, 1.807) is 18.3 Å². The number of halogens is 2. The second-order valence-corrected chi connectivity index (χ2v) is 3.85. The molecule has 1 N–H and O–H groups in total. The van der Waals surface area contributed by atoms with Gasteiger partial charge in [0.25, 0.3) is 0 Å². The third-order valence-corrected chi connectivity index (χ3v) is 2.62. The van der Waals surface area contributed by atoms with Gasteiger partial charge in [0.2, 0.25) is 0 Å². The molecule has 1 aliphatic heterocycles. The number of pyridine rings is 1. The second kappa shape index (κ2) is 7.04. The van der Waals surface area contributed by atoms with Gasteiger partial charge in [0.15, 0.2) is 0 Å². The van der Waals surface area contributed by atoms with Gasteiger partial charge in [-0.3, -0.25) is 0 Å². The molecule has 2 heterocycles. The Bertz CT molecular complexity index is 230. The van der Waals surface area contributed by atoms with Gasteiger partial charge in [0.05, 0.1) is 5.02 Å². The normalized spacial score (nSPS) is 15.6. The van der Waals surface area contributed by atoms with Gasteiger partial charge in [-0.15, -0.1) is 0 Å². The summed E-state index contributed by atoms with van der Waals surface area (Å²) in [6, 6.07) is 3.42. The predicted octanol–water partition coefficient (Wildman–Crippen LogP) is 3.15. The number of rotatable bonds is 0. The van der Waals surface area contributed by atoms with Crippen LogP contribution >= 0.6 is 23.2 Å². The summed E-state index contributed by atoms with van der Waals surface area (Å²) < 4.78 is 0. The monoisotopic (exact) mass is 232 g/mol. The maximum absolute atomic E-state index is 5.51. The fraction of sp³-hybridized carbons (Fsp3) is 0.500. The van der Waals surface area contributed by atoms with Gasteiger partial charge in [-0.1, -0.05) is 29.6 Å². The van der Waals surface area contributed by atoms with Gasteiger partial charge in [-0.05, 0) is 38.1 Å². The van der Waals surface area contributed by atoms with E-state index in [1.807, 2.05) is 0 Å². The molecule has 4 heteroatoms. The summed E-state index contributed by atoms with van der Waals surface area (Å²) >= 11 is 11.0. The van der Waals surface area contributed by atoms with Crippen LogP contribution in [0.25, 0.3) is 0 Å². The largest absolute Gasteiger partial charge is 0.317 e. The Morgan fingerprint density at radius 3 is 2.14 bits per heavy atom. The summed E-state index contributed by atoms with van der Waals surface area (Å²) in [6.45, 7) is 2.50. The van der Waals surface area contributed by atoms with E-state index in [0.29, 0.717) is 10.2 Å². The standard InChI is InChI=1S/C5H3Cl2N.C5H11N/c6-4-2-1-3-8-5(4)7;1-2-4-6-5-3-1/h1-3H;6H,1-5H2. The molecule has 0 aromatic carbocycles.